The Balaban J connectivity index is 1.34. The van der Waals surface area contributed by atoms with Gasteiger partial charge in [0.05, 0.1) is 4.88 Å². The number of carbonyl (C=O) groups is 3. The summed E-state index contributed by atoms with van der Waals surface area (Å²) >= 11 is 4.89. The van der Waals surface area contributed by atoms with E-state index in [0.29, 0.717) is 31.1 Å². The molecule has 2 fully saturated rings. The normalized spacial score (nSPS) is 16.8. The molecule has 8 heteroatoms. The minimum atomic E-state index is -0.528. The van der Waals surface area contributed by atoms with Gasteiger partial charge >= 0.3 is 11.8 Å². The van der Waals surface area contributed by atoms with Gasteiger partial charge in [-0.15, -0.1) is 11.3 Å². The summed E-state index contributed by atoms with van der Waals surface area (Å²) < 4.78 is 1.02. The number of nitrogens with one attached hydrogen (secondary N) is 1. The van der Waals surface area contributed by atoms with Gasteiger partial charge in [0.15, 0.2) is 0 Å². The van der Waals surface area contributed by atoms with E-state index in [1.807, 2.05) is 36.4 Å². The molecule has 28 heavy (non-hydrogen) atoms. The number of benzene rings is 1. The van der Waals surface area contributed by atoms with Crippen molar-refractivity contribution in [2.24, 2.45) is 0 Å². The van der Waals surface area contributed by atoms with Crippen molar-refractivity contribution in [3.8, 4) is 10.4 Å². The van der Waals surface area contributed by atoms with Crippen LogP contribution < -0.4 is 5.32 Å². The molecule has 6 nitrogen and oxygen atoms in total. The third kappa shape index (κ3) is 4.28. The van der Waals surface area contributed by atoms with Crippen LogP contribution in [0.1, 0.15) is 22.5 Å². The maximum absolute atomic E-state index is 12.8. The molecule has 0 atom stereocenters. The van der Waals surface area contributed by atoms with Gasteiger partial charge in [-0.25, -0.2) is 0 Å². The number of thiophene rings is 1. The summed E-state index contributed by atoms with van der Waals surface area (Å²) in [5.41, 5.74) is 1.07. The SMILES string of the molecule is O=C(NC1CC1)C(=O)N1CCN(C(=O)c2ccc(-c3ccc(Br)cc3)s2)CC1. The minimum Gasteiger partial charge on any atom is -0.345 e. The Hall–Kier alpha value is -2.19. The van der Waals surface area contributed by atoms with Crippen LogP contribution >= 0.6 is 27.3 Å². The van der Waals surface area contributed by atoms with Gasteiger partial charge in [0.2, 0.25) is 0 Å². The van der Waals surface area contributed by atoms with E-state index in [-0.39, 0.29) is 11.9 Å². The molecule has 0 bridgehead atoms. The van der Waals surface area contributed by atoms with Crippen molar-refractivity contribution in [1.29, 1.82) is 0 Å². The number of piperazine rings is 1. The molecule has 0 spiro atoms. The largest absolute Gasteiger partial charge is 0.345 e. The van der Waals surface area contributed by atoms with Gasteiger partial charge in [0.1, 0.15) is 0 Å². The number of carbonyl (C=O) groups excluding carboxylic acids is 3. The predicted octanol–water partition coefficient (Wildman–Crippen LogP) is 2.74. The van der Waals surface area contributed by atoms with E-state index in [0.717, 1.165) is 27.8 Å². The molecule has 2 aliphatic rings. The lowest BCUT2D eigenvalue weighted by atomic mass is 10.2. The second-order valence-corrected chi connectivity index (χ2v) is 9.00. The Labute approximate surface area is 175 Å². The second-order valence-electron chi connectivity index (χ2n) is 7.00. The maximum atomic E-state index is 12.8. The summed E-state index contributed by atoms with van der Waals surface area (Å²) in [5.74, 6) is -1.05. The molecular weight excluding hydrogens is 442 g/mol. The highest BCUT2D eigenvalue weighted by molar-refractivity contribution is 9.10. The number of amides is 3. The molecule has 1 saturated heterocycles. The van der Waals surface area contributed by atoms with E-state index in [9.17, 15) is 14.4 Å². The number of hydrogen-bond donors (Lipinski definition) is 1. The van der Waals surface area contributed by atoms with Crippen LogP contribution in [0, 0.1) is 0 Å². The maximum Gasteiger partial charge on any atom is 0.312 e. The van der Waals surface area contributed by atoms with E-state index in [1.165, 1.54) is 16.2 Å². The third-order valence-electron chi connectivity index (χ3n) is 4.91. The highest BCUT2D eigenvalue weighted by Crippen LogP contribution is 2.30. The first-order valence-corrected chi connectivity index (χ1v) is 10.9. The topological polar surface area (TPSA) is 69.7 Å². The first-order valence-electron chi connectivity index (χ1n) is 9.26. The predicted molar refractivity (Wildman–Crippen MR) is 111 cm³/mol. The minimum absolute atomic E-state index is 0.0251. The van der Waals surface area contributed by atoms with Crippen LogP contribution in [0.3, 0.4) is 0 Å². The zero-order chi connectivity index (χ0) is 19.7. The van der Waals surface area contributed by atoms with Gasteiger partial charge in [-0.3, -0.25) is 14.4 Å². The number of hydrogen-bond acceptors (Lipinski definition) is 4. The van der Waals surface area contributed by atoms with E-state index in [2.05, 4.69) is 21.2 Å². The molecule has 1 aliphatic carbocycles. The molecule has 1 aromatic heterocycles. The van der Waals surface area contributed by atoms with Gasteiger partial charge < -0.3 is 15.1 Å². The van der Waals surface area contributed by atoms with Crippen LogP contribution in [0.15, 0.2) is 40.9 Å². The molecule has 1 aromatic carbocycles. The fraction of sp³-hybridized carbons (Fsp3) is 0.350. The molecule has 2 heterocycles. The smallest absolute Gasteiger partial charge is 0.312 e. The van der Waals surface area contributed by atoms with Crippen molar-refractivity contribution in [2.75, 3.05) is 26.2 Å². The second kappa shape index (κ2) is 8.05. The lowest BCUT2D eigenvalue weighted by molar-refractivity contribution is -0.146. The summed E-state index contributed by atoms with van der Waals surface area (Å²) in [6, 6.07) is 12.0. The number of halogens is 1. The summed E-state index contributed by atoms with van der Waals surface area (Å²) in [4.78, 5) is 41.9. The summed E-state index contributed by atoms with van der Waals surface area (Å²) in [6.07, 6.45) is 1.90. The van der Waals surface area contributed by atoms with E-state index in [1.54, 1.807) is 4.90 Å². The molecule has 2 aromatic rings. The van der Waals surface area contributed by atoms with Crippen molar-refractivity contribution >= 4 is 45.0 Å². The first-order chi connectivity index (χ1) is 13.5. The quantitative estimate of drug-likeness (QED) is 0.714. The highest BCUT2D eigenvalue weighted by Gasteiger charge is 2.31. The first kappa shape index (κ1) is 19.1. The average molecular weight is 462 g/mol. The van der Waals surface area contributed by atoms with Crippen molar-refractivity contribution < 1.29 is 14.4 Å². The molecule has 4 rings (SSSR count). The molecule has 1 saturated carbocycles. The number of rotatable bonds is 3. The number of nitrogens with zero attached hydrogens (tertiary/aromatic N) is 2. The summed E-state index contributed by atoms with van der Waals surface area (Å²) in [6.45, 7) is 1.64. The Morgan fingerprint density at radius 2 is 1.57 bits per heavy atom. The summed E-state index contributed by atoms with van der Waals surface area (Å²) in [5, 5.41) is 2.72. The van der Waals surface area contributed by atoms with Crippen LogP contribution in [0.5, 0.6) is 0 Å². The Morgan fingerprint density at radius 3 is 2.21 bits per heavy atom. The van der Waals surface area contributed by atoms with Crippen LogP contribution in [0.4, 0.5) is 0 Å². The molecule has 0 unspecified atom stereocenters. The highest BCUT2D eigenvalue weighted by atomic mass is 79.9. The summed E-state index contributed by atoms with van der Waals surface area (Å²) in [7, 11) is 0. The van der Waals surface area contributed by atoms with Gasteiger partial charge in [0, 0.05) is 41.6 Å². The Kier molecular flexibility index (Phi) is 5.50. The molecule has 0 radical (unpaired) electrons. The van der Waals surface area contributed by atoms with Crippen LogP contribution in [-0.2, 0) is 9.59 Å². The molecule has 146 valence electrons. The molecule has 1 N–H and O–H groups in total. The third-order valence-corrected chi connectivity index (χ3v) is 6.56. The van der Waals surface area contributed by atoms with E-state index >= 15 is 0 Å². The van der Waals surface area contributed by atoms with E-state index in [4.69, 9.17) is 0 Å². The zero-order valence-electron chi connectivity index (χ0n) is 15.2. The molecule has 3 amide bonds. The standard InChI is InChI=1S/C20H20BrN3O3S/c21-14-3-1-13(2-4-14)16-7-8-17(28-16)19(26)23-9-11-24(12-10-23)20(27)18(25)22-15-5-6-15/h1-4,7-8,15H,5-6,9-12H2,(H,22,25). The zero-order valence-corrected chi connectivity index (χ0v) is 17.6. The van der Waals surface area contributed by atoms with Crippen molar-refractivity contribution in [1.82, 2.24) is 15.1 Å². The monoisotopic (exact) mass is 461 g/mol. The van der Waals surface area contributed by atoms with E-state index < -0.39 is 11.8 Å². The van der Waals surface area contributed by atoms with Crippen molar-refractivity contribution in [3.63, 3.8) is 0 Å². The van der Waals surface area contributed by atoms with Crippen LogP contribution in [-0.4, -0.2) is 59.7 Å². The van der Waals surface area contributed by atoms with Gasteiger partial charge in [-0.2, -0.15) is 0 Å². The fourth-order valence-corrected chi connectivity index (χ4v) is 4.35. The lowest BCUT2D eigenvalue weighted by Crippen LogP contribution is -2.54. The van der Waals surface area contributed by atoms with Gasteiger partial charge in [0.25, 0.3) is 5.91 Å². The molecule has 1 aliphatic heterocycles. The average Bonchev–Trinajstić information content (AvgIpc) is 3.39. The van der Waals surface area contributed by atoms with Gasteiger partial charge in [-0.1, -0.05) is 28.1 Å². The van der Waals surface area contributed by atoms with Crippen molar-refractivity contribution in [3.05, 3.63) is 45.7 Å². The lowest BCUT2D eigenvalue weighted by Gasteiger charge is -2.34. The fourth-order valence-electron chi connectivity index (χ4n) is 3.11. The molecular formula is C20H20BrN3O3S. The van der Waals surface area contributed by atoms with Crippen LogP contribution in [0.25, 0.3) is 10.4 Å². The van der Waals surface area contributed by atoms with Crippen LogP contribution in [0.2, 0.25) is 0 Å². The van der Waals surface area contributed by atoms with Gasteiger partial charge in [-0.05, 0) is 42.7 Å². The van der Waals surface area contributed by atoms with Crippen molar-refractivity contribution in [2.45, 2.75) is 18.9 Å². The Bertz CT molecular complexity index is 900. The Morgan fingerprint density at radius 1 is 0.929 bits per heavy atom.